The summed E-state index contributed by atoms with van der Waals surface area (Å²) < 4.78 is 3.98. The second-order valence-corrected chi connectivity index (χ2v) is 9.17. The lowest BCUT2D eigenvalue weighted by Gasteiger charge is -2.49. The van der Waals surface area contributed by atoms with E-state index >= 15 is 0 Å². The van der Waals surface area contributed by atoms with E-state index in [-0.39, 0.29) is 22.2 Å². The first-order valence-corrected chi connectivity index (χ1v) is 11.3. The molecule has 2 aromatic rings. The SMILES string of the molecule is Nc1nc(/C(=N/O)C(=O)N[C@@H]2C(=O)N3C(C(=O)O)=C(/C=C/c4ccns4)CS[C@H]23)cs1. The molecule has 2 aliphatic heterocycles. The van der Waals surface area contributed by atoms with Crippen LogP contribution in [0.5, 0.6) is 0 Å². The Balaban J connectivity index is 1.52. The normalized spacial score (nSPS) is 21.2. The summed E-state index contributed by atoms with van der Waals surface area (Å²) in [5.74, 6) is -2.28. The molecule has 0 radical (unpaired) electrons. The van der Waals surface area contributed by atoms with Gasteiger partial charge in [-0.1, -0.05) is 11.2 Å². The Morgan fingerprint density at radius 2 is 2.19 bits per heavy atom. The van der Waals surface area contributed by atoms with Crippen LogP contribution in [0.1, 0.15) is 10.6 Å². The number of hydrogen-bond acceptors (Lipinski definition) is 11. The number of carboxylic acid groups (broad SMARTS) is 1. The number of thiazole rings is 1. The average molecular weight is 479 g/mol. The highest BCUT2D eigenvalue weighted by atomic mass is 32.2. The number of aromatic nitrogens is 2. The third-order valence-corrected chi connectivity index (χ3v) is 7.16. The molecule has 11 nitrogen and oxygen atoms in total. The largest absolute Gasteiger partial charge is 0.477 e. The molecule has 4 rings (SSSR count). The van der Waals surface area contributed by atoms with Gasteiger partial charge in [-0.2, -0.15) is 0 Å². The van der Waals surface area contributed by atoms with Crippen molar-refractivity contribution in [3.8, 4) is 0 Å². The molecular weight excluding hydrogens is 464 g/mol. The molecule has 4 heterocycles. The smallest absolute Gasteiger partial charge is 0.352 e. The summed E-state index contributed by atoms with van der Waals surface area (Å²) in [5.41, 5.74) is 5.58. The van der Waals surface area contributed by atoms with E-state index in [1.807, 2.05) is 0 Å². The summed E-state index contributed by atoms with van der Waals surface area (Å²) in [7, 11) is 0. The fourth-order valence-electron chi connectivity index (χ4n) is 3.08. The second kappa shape index (κ2) is 8.49. The van der Waals surface area contributed by atoms with Crippen molar-refractivity contribution in [3.05, 3.63) is 45.6 Å². The number of anilines is 1. The minimum absolute atomic E-state index is 0.0732. The molecule has 1 saturated heterocycles. The van der Waals surface area contributed by atoms with Gasteiger partial charge in [0.15, 0.2) is 10.8 Å². The highest BCUT2D eigenvalue weighted by Crippen LogP contribution is 2.40. The highest BCUT2D eigenvalue weighted by Gasteiger charge is 2.54. The van der Waals surface area contributed by atoms with Gasteiger partial charge in [-0.3, -0.25) is 14.5 Å². The maximum Gasteiger partial charge on any atom is 0.352 e. The molecule has 0 bridgehead atoms. The first kappa shape index (κ1) is 21.0. The van der Waals surface area contributed by atoms with Gasteiger partial charge in [0.1, 0.15) is 22.8 Å². The van der Waals surface area contributed by atoms with Gasteiger partial charge < -0.3 is 21.4 Å². The minimum Gasteiger partial charge on any atom is -0.477 e. The van der Waals surface area contributed by atoms with Gasteiger partial charge >= 0.3 is 5.97 Å². The number of rotatable bonds is 6. The van der Waals surface area contributed by atoms with E-state index in [0.29, 0.717) is 11.3 Å². The summed E-state index contributed by atoms with van der Waals surface area (Å²) in [6.45, 7) is 0. The topological polar surface area (TPSA) is 171 Å². The fourth-order valence-corrected chi connectivity index (χ4v) is 5.44. The number of oxime groups is 1. The number of nitrogen functional groups attached to an aromatic ring is 1. The lowest BCUT2D eigenvalue weighted by molar-refractivity contribution is -0.150. The second-order valence-electron chi connectivity index (χ2n) is 6.31. The third-order valence-electron chi connectivity index (χ3n) is 4.47. The van der Waals surface area contributed by atoms with Crippen LogP contribution >= 0.6 is 34.6 Å². The molecular formula is C17H14N6O5S3. The molecule has 2 aliphatic rings. The summed E-state index contributed by atoms with van der Waals surface area (Å²) in [6.07, 6.45) is 5.03. The van der Waals surface area contributed by atoms with E-state index < -0.39 is 29.2 Å². The lowest BCUT2D eigenvalue weighted by Crippen LogP contribution is -2.71. The molecule has 5 N–H and O–H groups in total. The number of carbonyl (C=O) groups excluding carboxylic acids is 2. The van der Waals surface area contributed by atoms with Crippen LogP contribution in [0.25, 0.3) is 6.08 Å². The molecule has 160 valence electrons. The van der Waals surface area contributed by atoms with Crippen LogP contribution in [0, 0.1) is 0 Å². The van der Waals surface area contributed by atoms with E-state index in [2.05, 4.69) is 19.8 Å². The fraction of sp³-hybridized carbons (Fsp3) is 0.176. The van der Waals surface area contributed by atoms with Gasteiger partial charge in [-0.15, -0.1) is 23.1 Å². The number of nitrogens with two attached hydrogens (primary N) is 1. The van der Waals surface area contributed by atoms with E-state index in [9.17, 15) is 24.7 Å². The summed E-state index contributed by atoms with van der Waals surface area (Å²) in [5, 5.41) is 25.4. The van der Waals surface area contributed by atoms with Crippen LogP contribution in [-0.4, -0.2) is 65.2 Å². The number of nitrogens with one attached hydrogen (secondary N) is 1. The third kappa shape index (κ3) is 3.92. The number of β-lactam (4-membered cyclic amide) rings is 1. The van der Waals surface area contributed by atoms with Crippen molar-refractivity contribution in [3.63, 3.8) is 0 Å². The van der Waals surface area contributed by atoms with Crippen molar-refractivity contribution in [2.75, 3.05) is 11.5 Å². The van der Waals surface area contributed by atoms with Crippen LogP contribution < -0.4 is 11.1 Å². The Morgan fingerprint density at radius 1 is 1.39 bits per heavy atom. The van der Waals surface area contributed by atoms with Crippen molar-refractivity contribution in [2.45, 2.75) is 11.4 Å². The quantitative estimate of drug-likeness (QED) is 0.203. The van der Waals surface area contributed by atoms with E-state index in [1.54, 1.807) is 24.4 Å². The first-order valence-electron chi connectivity index (χ1n) is 8.65. The molecule has 31 heavy (non-hydrogen) atoms. The summed E-state index contributed by atoms with van der Waals surface area (Å²) >= 11 is 3.65. The zero-order valence-electron chi connectivity index (χ0n) is 15.5. The average Bonchev–Trinajstić information content (AvgIpc) is 3.42. The van der Waals surface area contributed by atoms with Crippen LogP contribution in [-0.2, 0) is 14.4 Å². The maximum absolute atomic E-state index is 12.7. The van der Waals surface area contributed by atoms with E-state index in [0.717, 1.165) is 21.1 Å². The van der Waals surface area contributed by atoms with Crippen LogP contribution in [0.3, 0.4) is 0 Å². The maximum atomic E-state index is 12.7. The molecule has 2 atom stereocenters. The number of allylic oxidation sites excluding steroid dienone is 1. The van der Waals surface area contributed by atoms with Gasteiger partial charge in [0.25, 0.3) is 11.8 Å². The number of aliphatic carboxylic acids is 1. The molecule has 1 fully saturated rings. The molecule has 0 saturated carbocycles. The van der Waals surface area contributed by atoms with Crippen LogP contribution in [0.4, 0.5) is 5.13 Å². The standard InChI is InChI=1S/C17H14N6O5S3/c18-17-20-9(6-30-17)10(22-28)13(24)21-11-14(25)23-12(16(26)27)7(5-29-15(11)23)1-2-8-3-4-19-31-8/h1-4,6,11,15,28H,5H2,(H2,18,20)(H,21,24)(H,26,27)/b2-1+,22-10-/t11-,15-/m1/s1. The van der Waals surface area contributed by atoms with Crippen molar-refractivity contribution >= 4 is 69.3 Å². The van der Waals surface area contributed by atoms with Crippen molar-refractivity contribution in [1.29, 1.82) is 0 Å². The Kier molecular flexibility index (Phi) is 5.75. The molecule has 0 aliphatic carbocycles. The molecule has 2 aromatic heterocycles. The van der Waals surface area contributed by atoms with E-state index in [1.165, 1.54) is 28.7 Å². The van der Waals surface area contributed by atoms with Gasteiger partial charge in [-0.25, -0.2) is 14.2 Å². The predicted molar refractivity (Wildman–Crippen MR) is 116 cm³/mol. The van der Waals surface area contributed by atoms with Crippen LogP contribution in [0.15, 0.2) is 40.1 Å². The number of carbonyl (C=O) groups is 3. The van der Waals surface area contributed by atoms with Gasteiger partial charge in [0, 0.05) is 22.2 Å². The van der Waals surface area contributed by atoms with Crippen molar-refractivity contribution in [2.24, 2.45) is 5.16 Å². The highest BCUT2D eigenvalue weighted by molar-refractivity contribution is 8.00. The zero-order chi connectivity index (χ0) is 22.1. The summed E-state index contributed by atoms with van der Waals surface area (Å²) in [6, 6.07) is 0.823. The molecule has 0 unspecified atom stereocenters. The number of nitrogens with zero attached hydrogens (tertiary/aromatic N) is 4. The van der Waals surface area contributed by atoms with E-state index in [4.69, 9.17) is 5.73 Å². The van der Waals surface area contributed by atoms with Crippen molar-refractivity contribution in [1.82, 2.24) is 19.6 Å². The van der Waals surface area contributed by atoms with Gasteiger partial charge in [-0.05, 0) is 29.2 Å². The molecule has 0 aromatic carbocycles. The number of amides is 2. The lowest BCUT2D eigenvalue weighted by atomic mass is 10.0. The molecule has 2 amide bonds. The number of fused-ring (bicyclic) bond motifs is 1. The number of carboxylic acids is 1. The molecule has 14 heteroatoms. The molecule has 0 spiro atoms. The van der Waals surface area contributed by atoms with Gasteiger partial charge in [0.05, 0.1) is 0 Å². The number of hydrogen-bond donors (Lipinski definition) is 4. The summed E-state index contributed by atoms with van der Waals surface area (Å²) in [4.78, 5) is 43.0. The van der Waals surface area contributed by atoms with Crippen LogP contribution in [0.2, 0.25) is 0 Å². The first-order chi connectivity index (χ1) is 14.9. The zero-order valence-corrected chi connectivity index (χ0v) is 17.9. The van der Waals surface area contributed by atoms with Gasteiger partial charge in [0.2, 0.25) is 0 Å². The Hall–Kier alpha value is -3.23. The monoisotopic (exact) mass is 478 g/mol. The Morgan fingerprint density at radius 3 is 2.81 bits per heavy atom. The predicted octanol–water partition coefficient (Wildman–Crippen LogP) is 0.812. The Bertz CT molecular complexity index is 1140. The van der Waals surface area contributed by atoms with Crippen molar-refractivity contribution < 1.29 is 24.7 Å². The Labute approximate surface area is 187 Å². The minimum atomic E-state index is -1.23. The number of thioether (sulfide) groups is 1.